The fraction of sp³-hybridized carbons (Fsp3) is 0.154. The Morgan fingerprint density at radius 1 is 1.07 bits per heavy atom. The molecule has 1 aromatic carbocycles. The summed E-state index contributed by atoms with van der Waals surface area (Å²) in [5.74, 6) is 0. The van der Waals surface area contributed by atoms with Gasteiger partial charge in [-0.05, 0) is 30.2 Å². The third-order valence-corrected chi connectivity index (χ3v) is 2.42. The molecule has 1 aromatic heterocycles. The van der Waals surface area contributed by atoms with E-state index in [0.29, 0.717) is 0 Å². The van der Waals surface area contributed by atoms with Gasteiger partial charge in [0.1, 0.15) is 0 Å². The lowest BCUT2D eigenvalue weighted by atomic mass is 10.1. The van der Waals surface area contributed by atoms with Gasteiger partial charge in [0, 0.05) is 24.6 Å². The normalized spacial score (nSPS) is 9.93. The maximum atomic E-state index is 3.98. The molecule has 1 N–H and O–H groups in total. The van der Waals surface area contributed by atoms with E-state index in [2.05, 4.69) is 41.5 Å². The van der Waals surface area contributed by atoms with Gasteiger partial charge in [0.25, 0.3) is 0 Å². The zero-order chi connectivity index (χ0) is 10.5. The number of hydrogen-bond donors (Lipinski definition) is 1. The van der Waals surface area contributed by atoms with Crippen LogP contribution in [0.1, 0.15) is 11.1 Å². The second-order valence-electron chi connectivity index (χ2n) is 3.52. The monoisotopic (exact) mass is 198 g/mol. The van der Waals surface area contributed by atoms with Crippen LogP contribution in [0, 0.1) is 6.92 Å². The molecule has 0 radical (unpaired) electrons. The molecule has 2 aromatic rings. The third kappa shape index (κ3) is 2.56. The van der Waals surface area contributed by atoms with Crippen LogP contribution in [0.5, 0.6) is 0 Å². The molecule has 2 heteroatoms. The lowest BCUT2D eigenvalue weighted by Crippen LogP contribution is -2.00. The molecule has 2 rings (SSSR count). The van der Waals surface area contributed by atoms with Gasteiger partial charge in [-0.25, -0.2) is 0 Å². The summed E-state index contributed by atoms with van der Waals surface area (Å²) in [5.41, 5.74) is 3.75. The molecule has 0 unspecified atom stereocenters. The van der Waals surface area contributed by atoms with Gasteiger partial charge in [-0.3, -0.25) is 4.98 Å². The molecule has 0 spiro atoms. The first-order chi connectivity index (χ1) is 7.36. The van der Waals surface area contributed by atoms with Crippen molar-refractivity contribution in [1.29, 1.82) is 0 Å². The minimum Gasteiger partial charge on any atom is -0.381 e. The van der Waals surface area contributed by atoms with Gasteiger partial charge < -0.3 is 5.32 Å². The van der Waals surface area contributed by atoms with Crippen molar-refractivity contribution < 1.29 is 0 Å². The van der Waals surface area contributed by atoms with E-state index in [1.807, 2.05) is 12.1 Å². The van der Waals surface area contributed by atoms with Crippen LogP contribution in [0.3, 0.4) is 0 Å². The van der Waals surface area contributed by atoms with Crippen molar-refractivity contribution in [1.82, 2.24) is 4.98 Å². The zero-order valence-corrected chi connectivity index (χ0v) is 8.77. The van der Waals surface area contributed by atoms with Gasteiger partial charge in [0.2, 0.25) is 0 Å². The molecule has 0 fully saturated rings. The first-order valence-corrected chi connectivity index (χ1v) is 5.04. The highest BCUT2D eigenvalue weighted by Gasteiger charge is 1.96. The minimum absolute atomic E-state index is 0.858. The largest absolute Gasteiger partial charge is 0.381 e. The summed E-state index contributed by atoms with van der Waals surface area (Å²) in [6, 6.07) is 12.3. The molecule has 1 heterocycles. The second kappa shape index (κ2) is 4.60. The molecule has 0 aliphatic carbocycles. The summed E-state index contributed by atoms with van der Waals surface area (Å²) in [7, 11) is 0. The molecule has 0 aliphatic rings. The number of aryl methyl sites for hydroxylation is 1. The van der Waals surface area contributed by atoms with Crippen molar-refractivity contribution in [2.75, 3.05) is 5.32 Å². The number of benzene rings is 1. The Kier molecular flexibility index (Phi) is 2.98. The number of nitrogens with one attached hydrogen (secondary N) is 1. The average molecular weight is 198 g/mol. The number of anilines is 1. The van der Waals surface area contributed by atoms with Crippen LogP contribution in [-0.2, 0) is 6.54 Å². The van der Waals surface area contributed by atoms with Crippen LogP contribution < -0.4 is 5.32 Å². The van der Waals surface area contributed by atoms with Gasteiger partial charge in [-0.1, -0.05) is 24.3 Å². The van der Waals surface area contributed by atoms with Crippen LogP contribution in [0.15, 0.2) is 48.8 Å². The van der Waals surface area contributed by atoms with Gasteiger partial charge in [-0.15, -0.1) is 0 Å². The van der Waals surface area contributed by atoms with Crippen LogP contribution >= 0.6 is 0 Å². The van der Waals surface area contributed by atoms with E-state index in [0.717, 1.165) is 12.2 Å². The molecule has 15 heavy (non-hydrogen) atoms. The Labute approximate surface area is 90.0 Å². The molecule has 0 saturated heterocycles. The van der Waals surface area contributed by atoms with Gasteiger partial charge >= 0.3 is 0 Å². The Hall–Kier alpha value is -1.83. The maximum absolute atomic E-state index is 3.98. The van der Waals surface area contributed by atoms with Crippen LogP contribution in [0.2, 0.25) is 0 Å². The van der Waals surface area contributed by atoms with Crippen molar-refractivity contribution in [2.24, 2.45) is 0 Å². The average Bonchev–Trinajstić information content (AvgIpc) is 2.29. The van der Waals surface area contributed by atoms with Gasteiger partial charge in [0.15, 0.2) is 0 Å². The summed E-state index contributed by atoms with van der Waals surface area (Å²) < 4.78 is 0. The summed E-state index contributed by atoms with van der Waals surface area (Å²) in [4.78, 5) is 3.98. The van der Waals surface area contributed by atoms with Crippen molar-refractivity contribution in [3.8, 4) is 0 Å². The highest BCUT2D eigenvalue weighted by molar-refractivity contribution is 5.42. The van der Waals surface area contributed by atoms with E-state index in [4.69, 9.17) is 0 Å². The van der Waals surface area contributed by atoms with Gasteiger partial charge in [-0.2, -0.15) is 0 Å². The Morgan fingerprint density at radius 3 is 2.53 bits per heavy atom. The maximum Gasteiger partial charge on any atom is 0.0403 e. The van der Waals surface area contributed by atoms with Crippen LogP contribution in [0.4, 0.5) is 5.69 Å². The third-order valence-electron chi connectivity index (χ3n) is 2.42. The second-order valence-corrected chi connectivity index (χ2v) is 3.52. The van der Waals surface area contributed by atoms with Crippen molar-refractivity contribution in [3.05, 3.63) is 59.9 Å². The lowest BCUT2D eigenvalue weighted by Gasteiger charge is -2.08. The fourth-order valence-electron chi connectivity index (χ4n) is 1.48. The van der Waals surface area contributed by atoms with Crippen LogP contribution in [-0.4, -0.2) is 4.98 Å². The van der Waals surface area contributed by atoms with Crippen molar-refractivity contribution >= 4 is 5.69 Å². The molecule has 0 saturated carbocycles. The SMILES string of the molecule is Cc1ccccc1CNc1ccncc1. The smallest absolute Gasteiger partial charge is 0.0403 e. The van der Waals surface area contributed by atoms with E-state index in [1.165, 1.54) is 11.1 Å². The zero-order valence-electron chi connectivity index (χ0n) is 8.77. The number of aromatic nitrogens is 1. The molecule has 0 atom stereocenters. The quantitative estimate of drug-likeness (QED) is 0.820. The van der Waals surface area contributed by atoms with E-state index in [-0.39, 0.29) is 0 Å². The summed E-state index contributed by atoms with van der Waals surface area (Å²) in [6.45, 7) is 2.99. The Bertz CT molecular complexity index is 424. The predicted molar refractivity (Wildman–Crippen MR) is 62.7 cm³/mol. The van der Waals surface area contributed by atoms with Crippen LogP contribution in [0.25, 0.3) is 0 Å². The first-order valence-electron chi connectivity index (χ1n) is 5.04. The molecule has 0 aliphatic heterocycles. The fourth-order valence-corrected chi connectivity index (χ4v) is 1.48. The Balaban J connectivity index is 2.03. The van der Waals surface area contributed by atoms with Crippen molar-refractivity contribution in [2.45, 2.75) is 13.5 Å². The lowest BCUT2D eigenvalue weighted by molar-refractivity contribution is 1.11. The van der Waals surface area contributed by atoms with E-state index < -0.39 is 0 Å². The molecule has 0 bridgehead atoms. The molecule has 76 valence electrons. The molecule has 2 nitrogen and oxygen atoms in total. The minimum atomic E-state index is 0.858. The highest BCUT2D eigenvalue weighted by atomic mass is 14.9. The molecule has 0 amide bonds. The van der Waals surface area contributed by atoms with Gasteiger partial charge in [0.05, 0.1) is 0 Å². The number of rotatable bonds is 3. The van der Waals surface area contributed by atoms with E-state index in [1.54, 1.807) is 12.4 Å². The molecular formula is C13H14N2. The standard InChI is InChI=1S/C13H14N2/c1-11-4-2-3-5-12(11)10-15-13-6-8-14-9-7-13/h2-9H,10H2,1H3,(H,14,15). The highest BCUT2D eigenvalue weighted by Crippen LogP contribution is 2.10. The number of pyridine rings is 1. The summed E-state index contributed by atoms with van der Waals surface area (Å²) in [6.07, 6.45) is 3.58. The predicted octanol–water partition coefficient (Wildman–Crippen LogP) is 3.00. The Morgan fingerprint density at radius 2 is 1.80 bits per heavy atom. The topological polar surface area (TPSA) is 24.9 Å². The number of nitrogens with zero attached hydrogens (tertiary/aromatic N) is 1. The van der Waals surface area contributed by atoms with E-state index >= 15 is 0 Å². The van der Waals surface area contributed by atoms with Crippen molar-refractivity contribution in [3.63, 3.8) is 0 Å². The van der Waals surface area contributed by atoms with E-state index in [9.17, 15) is 0 Å². The first kappa shape index (κ1) is 9.71. The number of hydrogen-bond acceptors (Lipinski definition) is 2. The molecular weight excluding hydrogens is 184 g/mol. The summed E-state index contributed by atoms with van der Waals surface area (Å²) in [5, 5.41) is 3.36. The summed E-state index contributed by atoms with van der Waals surface area (Å²) >= 11 is 0.